The number of nitrogens with zero attached hydrogens (tertiary/aromatic N) is 2. The number of hydrogen-bond donors (Lipinski definition) is 1. The average molecular weight is 403 g/mol. The van der Waals surface area contributed by atoms with Crippen molar-refractivity contribution in [3.8, 4) is 0 Å². The van der Waals surface area contributed by atoms with Crippen LogP contribution in [-0.4, -0.2) is 60.3 Å². The Balaban J connectivity index is 1.53. The van der Waals surface area contributed by atoms with Gasteiger partial charge in [0.05, 0.1) is 22.1 Å². The van der Waals surface area contributed by atoms with Gasteiger partial charge in [-0.1, -0.05) is 0 Å². The van der Waals surface area contributed by atoms with Gasteiger partial charge in [0.25, 0.3) is 11.8 Å². The molecule has 8 nitrogen and oxygen atoms in total. The quantitative estimate of drug-likeness (QED) is 0.817. The molecule has 0 saturated carbocycles. The molecule has 2 aliphatic rings. The van der Waals surface area contributed by atoms with Crippen LogP contribution in [0.3, 0.4) is 0 Å². The van der Waals surface area contributed by atoms with E-state index in [0.29, 0.717) is 22.6 Å². The van der Waals surface area contributed by atoms with Crippen LogP contribution in [-0.2, 0) is 9.84 Å². The summed E-state index contributed by atoms with van der Waals surface area (Å²) in [5.74, 6) is 0.109. The van der Waals surface area contributed by atoms with Gasteiger partial charge in [0, 0.05) is 37.4 Å². The number of pyridine rings is 1. The maximum atomic E-state index is 12.8. The van der Waals surface area contributed by atoms with E-state index in [1.807, 2.05) is 0 Å². The van der Waals surface area contributed by atoms with E-state index in [4.69, 9.17) is 4.42 Å². The third-order valence-corrected chi connectivity index (χ3v) is 7.74. The highest BCUT2D eigenvalue weighted by Crippen LogP contribution is 2.35. The zero-order valence-electron chi connectivity index (χ0n) is 15.6. The number of furan rings is 1. The van der Waals surface area contributed by atoms with Crippen molar-refractivity contribution >= 4 is 21.7 Å². The third kappa shape index (κ3) is 3.19. The van der Waals surface area contributed by atoms with Crippen LogP contribution in [0.2, 0.25) is 0 Å². The predicted molar refractivity (Wildman–Crippen MR) is 101 cm³/mol. The summed E-state index contributed by atoms with van der Waals surface area (Å²) in [5.41, 5.74) is 0.824. The Bertz CT molecular complexity index is 1030. The Morgan fingerprint density at radius 3 is 2.71 bits per heavy atom. The summed E-state index contributed by atoms with van der Waals surface area (Å²) in [5, 5.41) is 2.16. The van der Waals surface area contributed by atoms with Gasteiger partial charge in [0.1, 0.15) is 11.5 Å². The fraction of sp³-hybridized carbons (Fsp3) is 0.421. The van der Waals surface area contributed by atoms with Crippen molar-refractivity contribution in [2.24, 2.45) is 5.92 Å². The van der Waals surface area contributed by atoms with Gasteiger partial charge in [-0.25, -0.2) is 8.42 Å². The molecule has 4 heterocycles. The van der Waals surface area contributed by atoms with Crippen molar-refractivity contribution < 1.29 is 22.4 Å². The minimum Gasteiger partial charge on any atom is -0.466 e. The number of likely N-dealkylation sites (tertiary alicyclic amines) is 1. The topological polar surface area (TPSA) is 110 Å². The summed E-state index contributed by atoms with van der Waals surface area (Å²) in [6, 6.07) is 4.40. The van der Waals surface area contributed by atoms with Gasteiger partial charge >= 0.3 is 0 Å². The molecule has 2 saturated heterocycles. The molecule has 0 bridgehead atoms. The number of hydrogen-bond acceptors (Lipinski definition) is 6. The molecule has 0 spiro atoms. The van der Waals surface area contributed by atoms with Crippen molar-refractivity contribution in [1.29, 1.82) is 0 Å². The van der Waals surface area contributed by atoms with Crippen molar-refractivity contribution in [1.82, 2.24) is 15.2 Å². The van der Waals surface area contributed by atoms with E-state index in [9.17, 15) is 18.0 Å². The lowest BCUT2D eigenvalue weighted by Crippen LogP contribution is -2.42. The predicted octanol–water partition coefficient (Wildman–Crippen LogP) is 0.959. The molecular weight excluding hydrogens is 382 g/mol. The van der Waals surface area contributed by atoms with Crippen LogP contribution in [0.1, 0.15) is 32.2 Å². The number of sulfone groups is 1. The molecule has 1 N–H and O–H groups in total. The van der Waals surface area contributed by atoms with Crippen molar-refractivity contribution in [3.05, 3.63) is 53.2 Å². The van der Waals surface area contributed by atoms with Crippen LogP contribution in [0.15, 0.2) is 35.0 Å². The standard InChI is InChI=1S/C19H21N3O5S/c1-11-6-14(12(2)27-11)19(24)22-8-15-16(10-28(25,26)17(15)9-22)21-18(23)13-4-3-5-20-7-13/h3-7,15-17H,8-10H2,1-2H3,(H,21,23)/t15-,16+,17-/m0/s1. The van der Waals surface area contributed by atoms with Gasteiger partial charge in [-0.15, -0.1) is 0 Å². The summed E-state index contributed by atoms with van der Waals surface area (Å²) < 4.78 is 30.7. The maximum absolute atomic E-state index is 12.8. The van der Waals surface area contributed by atoms with Crippen molar-refractivity contribution in [3.63, 3.8) is 0 Å². The molecular formula is C19H21N3O5S. The van der Waals surface area contributed by atoms with E-state index < -0.39 is 21.1 Å². The molecule has 0 radical (unpaired) electrons. The minimum absolute atomic E-state index is 0.111. The first-order valence-electron chi connectivity index (χ1n) is 9.05. The molecule has 0 aliphatic carbocycles. The van der Waals surface area contributed by atoms with E-state index in [1.54, 1.807) is 43.1 Å². The van der Waals surface area contributed by atoms with Gasteiger partial charge in [-0.3, -0.25) is 14.6 Å². The lowest BCUT2D eigenvalue weighted by Gasteiger charge is -2.21. The molecule has 0 aromatic carbocycles. The molecule has 2 aromatic heterocycles. The largest absolute Gasteiger partial charge is 0.466 e. The first-order chi connectivity index (χ1) is 13.3. The zero-order chi connectivity index (χ0) is 20.1. The lowest BCUT2D eigenvalue weighted by atomic mass is 10.00. The van der Waals surface area contributed by atoms with Crippen molar-refractivity contribution in [2.45, 2.75) is 25.1 Å². The number of carbonyl (C=O) groups is 2. The number of aromatic nitrogens is 1. The van der Waals surface area contributed by atoms with Gasteiger partial charge < -0.3 is 14.6 Å². The monoisotopic (exact) mass is 403 g/mol. The molecule has 28 heavy (non-hydrogen) atoms. The third-order valence-electron chi connectivity index (χ3n) is 5.50. The van der Waals surface area contributed by atoms with Crippen LogP contribution in [0.25, 0.3) is 0 Å². The maximum Gasteiger partial charge on any atom is 0.257 e. The van der Waals surface area contributed by atoms with Crippen molar-refractivity contribution in [2.75, 3.05) is 18.8 Å². The number of carbonyl (C=O) groups excluding carboxylic acids is 2. The first-order valence-corrected chi connectivity index (χ1v) is 10.8. The molecule has 9 heteroatoms. The highest BCUT2D eigenvalue weighted by molar-refractivity contribution is 7.92. The van der Waals surface area contributed by atoms with E-state index in [2.05, 4.69) is 10.3 Å². The van der Waals surface area contributed by atoms with Crippen LogP contribution >= 0.6 is 0 Å². The number of nitrogens with one attached hydrogen (secondary N) is 1. The molecule has 4 rings (SSSR count). The second-order valence-corrected chi connectivity index (χ2v) is 9.66. The van der Waals surface area contributed by atoms with Crippen LogP contribution in [0.5, 0.6) is 0 Å². The fourth-order valence-corrected chi connectivity index (χ4v) is 6.43. The van der Waals surface area contributed by atoms with Crippen LogP contribution < -0.4 is 5.32 Å². The summed E-state index contributed by atoms with van der Waals surface area (Å²) in [7, 11) is -3.40. The fourth-order valence-electron chi connectivity index (χ4n) is 4.14. The lowest BCUT2D eigenvalue weighted by molar-refractivity contribution is 0.0782. The molecule has 3 atom stereocenters. The van der Waals surface area contributed by atoms with Crippen LogP contribution in [0, 0.1) is 19.8 Å². The van der Waals surface area contributed by atoms with E-state index >= 15 is 0 Å². The second-order valence-electron chi connectivity index (χ2n) is 7.39. The summed E-state index contributed by atoms with van der Waals surface area (Å²) in [4.78, 5) is 30.8. The van der Waals surface area contributed by atoms with Gasteiger partial charge in [-0.2, -0.15) is 0 Å². The Morgan fingerprint density at radius 1 is 1.29 bits per heavy atom. The Hall–Kier alpha value is -2.68. The summed E-state index contributed by atoms with van der Waals surface area (Å²) in [6.07, 6.45) is 3.00. The molecule has 0 unspecified atom stereocenters. The van der Waals surface area contributed by atoms with Gasteiger partial charge in [0.2, 0.25) is 0 Å². The molecule has 2 amide bonds. The highest BCUT2D eigenvalue weighted by Gasteiger charge is 2.53. The number of aryl methyl sites for hydroxylation is 2. The first kappa shape index (κ1) is 18.7. The minimum atomic E-state index is -3.40. The number of amides is 2. The summed E-state index contributed by atoms with van der Waals surface area (Å²) >= 11 is 0. The van der Waals surface area contributed by atoms with E-state index in [0.717, 1.165) is 0 Å². The highest BCUT2D eigenvalue weighted by atomic mass is 32.2. The Morgan fingerprint density at radius 2 is 2.07 bits per heavy atom. The molecule has 2 aromatic rings. The van der Waals surface area contributed by atoms with E-state index in [-0.39, 0.29) is 36.6 Å². The smallest absolute Gasteiger partial charge is 0.257 e. The van der Waals surface area contributed by atoms with Gasteiger partial charge in [0.15, 0.2) is 9.84 Å². The normalized spacial score (nSPS) is 25.5. The number of fused-ring (bicyclic) bond motifs is 1. The second kappa shape index (κ2) is 6.73. The Kier molecular flexibility index (Phi) is 4.49. The number of rotatable bonds is 3. The molecule has 2 fully saturated rings. The molecule has 2 aliphatic heterocycles. The SMILES string of the molecule is Cc1cc(C(=O)N2C[C@H]3[C@H](NC(=O)c4cccnc4)CS(=O)(=O)[C@H]3C2)c(C)o1. The van der Waals surface area contributed by atoms with Gasteiger partial charge in [-0.05, 0) is 32.0 Å². The summed E-state index contributed by atoms with van der Waals surface area (Å²) in [6.45, 7) is 3.89. The molecule has 148 valence electrons. The van der Waals surface area contributed by atoms with E-state index in [1.165, 1.54) is 6.20 Å². The Labute approximate surface area is 162 Å². The average Bonchev–Trinajstić information content (AvgIpc) is 3.30. The zero-order valence-corrected chi connectivity index (χ0v) is 16.4. The van der Waals surface area contributed by atoms with Crippen LogP contribution in [0.4, 0.5) is 0 Å².